The van der Waals surface area contributed by atoms with Crippen LogP contribution in [0.25, 0.3) is 42.0 Å². The van der Waals surface area contributed by atoms with Crippen LogP contribution in [0.2, 0.25) is 0 Å². The van der Waals surface area contributed by atoms with Crippen molar-refractivity contribution in [3.63, 3.8) is 0 Å². The third-order valence-corrected chi connectivity index (χ3v) is 6.66. The van der Waals surface area contributed by atoms with Crippen LogP contribution in [0.1, 0.15) is 0 Å². The van der Waals surface area contributed by atoms with Crippen molar-refractivity contribution in [2.45, 2.75) is 0 Å². The van der Waals surface area contributed by atoms with Gasteiger partial charge in [0.2, 0.25) is 0 Å². The first-order chi connectivity index (χ1) is 11.6. The van der Waals surface area contributed by atoms with E-state index in [9.17, 15) is 8.78 Å². The summed E-state index contributed by atoms with van der Waals surface area (Å²) in [6, 6.07) is 0. The Morgan fingerprint density at radius 3 is 2.17 bits per heavy atom. The SMILES string of the molecule is Nc1c(N=S)c2c(F)csc2c2c3nsnc3c3c(F)csc3c12. The first kappa shape index (κ1) is 14.5. The maximum absolute atomic E-state index is 14.3. The summed E-state index contributed by atoms with van der Waals surface area (Å²) >= 11 is 8.26. The van der Waals surface area contributed by atoms with E-state index in [0.717, 1.165) is 11.7 Å². The van der Waals surface area contributed by atoms with Gasteiger partial charge in [0.05, 0.1) is 28.2 Å². The van der Waals surface area contributed by atoms with Crippen molar-refractivity contribution in [3.8, 4) is 0 Å². The topological polar surface area (TPSA) is 64.2 Å². The van der Waals surface area contributed by atoms with Crippen LogP contribution >= 0.6 is 34.4 Å². The van der Waals surface area contributed by atoms with Crippen molar-refractivity contribution in [1.82, 2.24) is 8.75 Å². The van der Waals surface area contributed by atoms with Crippen molar-refractivity contribution in [2.75, 3.05) is 5.73 Å². The first-order valence-corrected chi connectivity index (χ1v) is 9.45. The zero-order chi connectivity index (χ0) is 16.6. The average molecular weight is 394 g/mol. The summed E-state index contributed by atoms with van der Waals surface area (Å²) < 4.78 is 42.2. The zero-order valence-corrected chi connectivity index (χ0v) is 14.7. The lowest BCUT2D eigenvalue weighted by atomic mass is 10.0. The lowest BCUT2D eigenvalue weighted by Gasteiger charge is -2.09. The van der Waals surface area contributed by atoms with Crippen molar-refractivity contribution in [3.05, 3.63) is 22.4 Å². The number of thiophene rings is 2. The van der Waals surface area contributed by atoms with Crippen LogP contribution in [0.15, 0.2) is 15.1 Å². The molecule has 0 spiro atoms. The Balaban J connectivity index is 2.28. The second kappa shape index (κ2) is 4.82. The van der Waals surface area contributed by atoms with E-state index in [-0.39, 0.29) is 22.6 Å². The summed E-state index contributed by atoms with van der Waals surface area (Å²) in [6.07, 6.45) is 0. The monoisotopic (exact) mass is 394 g/mol. The van der Waals surface area contributed by atoms with Gasteiger partial charge in [-0.15, -0.1) is 22.7 Å². The summed E-state index contributed by atoms with van der Waals surface area (Å²) in [5.41, 5.74) is 7.72. The number of nitrogens with zero attached hydrogens (tertiary/aromatic N) is 3. The smallest absolute Gasteiger partial charge is 0.144 e. The van der Waals surface area contributed by atoms with Crippen LogP contribution in [0.4, 0.5) is 20.2 Å². The molecule has 0 aliphatic heterocycles. The van der Waals surface area contributed by atoms with Gasteiger partial charge in [-0.05, 0) is 0 Å². The maximum atomic E-state index is 14.3. The molecule has 24 heavy (non-hydrogen) atoms. The predicted molar refractivity (Wildman–Crippen MR) is 99.5 cm³/mol. The van der Waals surface area contributed by atoms with Crippen LogP contribution < -0.4 is 5.73 Å². The van der Waals surface area contributed by atoms with Crippen LogP contribution in [-0.4, -0.2) is 8.75 Å². The summed E-state index contributed by atoms with van der Waals surface area (Å²) in [5, 5.41) is 4.75. The normalized spacial score (nSPS) is 12.1. The lowest BCUT2D eigenvalue weighted by Crippen LogP contribution is -1.91. The third-order valence-electron chi connectivity index (χ3n) is 4.01. The summed E-state index contributed by atoms with van der Waals surface area (Å²) in [6.45, 7) is 0. The fraction of sp³-hybridized carbons (Fsp3) is 0. The number of nitrogens with two attached hydrogens (primary N) is 1. The molecule has 10 heteroatoms. The van der Waals surface area contributed by atoms with E-state index in [0.29, 0.717) is 36.6 Å². The van der Waals surface area contributed by atoms with Crippen LogP contribution in [0.3, 0.4) is 0 Å². The number of rotatable bonds is 1. The first-order valence-electron chi connectivity index (χ1n) is 6.59. The Morgan fingerprint density at radius 1 is 0.917 bits per heavy atom. The number of hydrogen-bond acceptors (Lipinski definition) is 8. The minimum absolute atomic E-state index is 0.212. The molecule has 0 saturated carbocycles. The van der Waals surface area contributed by atoms with Crippen molar-refractivity contribution >= 4 is 100 Å². The van der Waals surface area contributed by atoms with Gasteiger partial charge in [-0.25, -0.2) is 8.78 Å². The molecule has 0 unspecified atom stereocenters. The molecule has 0 fully saturated rings. The quantitative estimate of drug-likeness (QED) is 0.382. The van der Waals surface area contributed by atoms with Crippen molar-refractivity contribution in [2.24, 2.45) is 4.36 Å². The average Bonchev–Trinajstić information content (AvgIpc) is 3.27. The molecule has 0 aliphatic carbocycles. The highest BCUT2D eigenvalue weighted by atomic mass is 32.1. The number of fused-ring (bicyclic) bond motifs is 8. The molecule has 0 atom stereocenters. The summed E-state index contributed by atoms with van der Waals surface area (Å²) in [7, 11) is 0. The molecule has 4 nitrogen and oxygen atoms in total. The van der Waals surface area contributed by atoms with E-state index in [1.807, 2.05) is 0 Å². The largest absolute Gasteiger partial charge is 0.396 e. The summed E-state index contributed by atoms with van der Waals surface area (Å²) in [5.74, 6) is -0.802. The Bertz CT molecular complexity index is 1320. The van der Waals surface area contributed by atoms with Gasteiger partial charge in [0, 0.05) is 43.4 Å². The molecule has 5 rings (SSSR count). The maximum Gasteiger partial charge on any atom is 0.144 e. The van der Waals surface area contributed by atoms with Gasteiger partial charge in [0.1, 0.15) is 28.4 Å². The van der Waals surface area contributed by atoms with Gasteiger partial charge in [0.15, 0.2) is 0 Å². The Kier molecular flexibility index (Phi) is 2.90. The van der Waals surface area contributed by atoms with E-state index >= 15 is 0 Å². The minimum Gasteiger partial charge on any atom is -0.396 e. The van der Waals surface area contributed by atoms with E-state index in [1.165, 1.54) is 33.4 Å². The molecule has 5 aromatic rings. The second-order valence-corrected chi connectivity index (χ2v) is 7.61. The highest BCUT2D eigenvalue weighted by molar-refractivity contribution is 7.47. The predicted octanol–water partition coefficient (Wildman–Crippen LogP) is 5.50. The molecular formula is C14H4F2N4S4. The highest BCUT2D eigenvalue weighted by Crippen LogP contribution is 2.50. The van der Waals surface area contributed by atoms with E-state index in [4.69, 9.17) is 18.2 Å². The molecule has 0 saturated heterocycles. The molecule has 0 aliphatic rings. The standard InChI is InChI=1S/C14H4F2N4S4/c15-3-1-23-14-5(3)10(18-21)9(17)7-8(14)12-11(19-24-20-12)6-4(16)2-22-13(6)7/h1-2H,17H2. The lowest BCUT2D eigenvalue weighted by molar-refractivity contribution is 0.644. The Morgan fingerprint density at radius 2 is 1.50 bits per heavy atom. The number of benzene rings is 2. The molecule has 0 amide bonds. The van der Waals surface area contributed by atoms with Crippen molar-refractivity contribution in [1.29, 1.82) is 0 Å². The van der Waals surface area contributed by atoms with Gasteiger partial charge in [-0.3, -0.25) is 0 Å². The third kappa shape index (κ3) is 1.59. The minimum atomic E-state index is -0.430. The molecular weight excluding hydrogens is 390 g/mol. The molecule has 0 radical (unpaired) electrons. The molecule has 2 N–H and O–H groups in total. The molecule has 3 heterocycles. The Labute approximate surface area is 150 Å². The van der Waals surface area contributed by atoms with Gasteiger partial charge in [-0.2, -0.15) is 13.1 Å². The van der Waals surface area contributed by atoms with E-state index in [1.54, 1.807) is 0 Å². The van der Waals surface area contributed by atoms with Gasteiger partial charge >= 0.3 is 0 Å². The second-order valence-electron chi connectivity index (χ2n) is 5.14. The summed E-state index contributed by atoms with van der Waals surface area (Å²) in [4.78, 5) is 0. The number of aromatic nitrogens is 2. The van der Waals surface area contributed by atoms with Crippen LogP contribution in [-0.2, 0) is 12.4 Å². The number of hydrogen-bond donors (Lipinski definition) is 1. The highest BCUT2D eigenvalue weighted by Gasteiger charge is 2.25. The fourth-order valence-corrected chi connectivity index (χ4v) is 5.76. The Hall–Kier alpha value is -1.88. The van der Waals surface area contributed by atoms with E-state index in [2.05, 4.69) is 13.1 Å². The number of anilines is 1. The molecule has 0 bridgehead atoms. The van der Waals surface area contributed by atoms with Crippen LogP contribution in [0, 0.1) is 11.6 Å². The van der Waals surface area contributed by atoms with Crippen molar-refractivity contribution < 1.29 is 8.78 Å². The molecule has 2 aromatic carbocycles. The van der Waals surface area contributed by atoms with Gasteiger partial charge < -0.3 is 5.73 Å². The molecule has 3 aromatic heterocycles. The zero-order valence-electron chi connectivity index (χ0n) is 11.5. The van der Waals surface area contributed by atoms with Gasteiger partial charge in [0.25, 0.3) is 0 Å². The fourth-order valence-electron chi connectivity index (χ4n) is 3.06. The number of nitrogen functional groups attached to an aromatic ring is 1. The molecule has 118 valence electrons. The number of halogens is 2. The van der Waals surface area contributed by atoms with Gasteiger partial charge in [-0.1, -0.05) is 0 Å². The van der Waals surface area contributed by atoms with E-state index < -0.39 is 5.82 Å². The van der Waals surface area contributed by atoms with Crippen LogP contribution in [0.5, 0.6) is 0 Å².